The fraction of sp³-hybridized carbons (Fsp3) is 0.389. The van der Waals surface area contributed by atoms with Crippen LogP contribution >= 0.6 is 0 Å². The highest BCUT2D eigenvalue weighted by molar-refractivity contribution is 5.95. The van der Waals surface area contributed by atoms with Gasteiger partial charge in [0, 0.05) is 31.7 Å². The van der Waals surface area contributed by atoms with Crippen LogP contribution in [-0.2, 0) is 12.4 Å². The largest absolute Gasteiger partial charge is 0.480 e. The van der Waals surface area contributed by atoms with E-state index in [1.807, 2.05) is 0 Å². The number of halogens is 6. The molecule has 30 heavy (non-hydrogen) atoms. The molecule has 0 bridgehead atoms. The minimum atomic E-state index is -5.01. The fourth-order valence-electron chi connectivity index (χ4n) is 2.99. The third-order valence-electron chi connectivity index (χ3n) is 4.53. The fourth-order valence-corrected chi connectivity index (χ4v) is 2.99. The van der Waals surface area contributed by atoms with Gasteiger partial charge in [0.05, 0.1) is 30.6 Å². The molecular formula is C18H16F6N4O2. The molecule has 0 radical (unpaired) electrons. The number of methoxy groups -OCH3 is 1. The molecule has 3 rings (SSSR count). The molecule has 0 N–H and O–H groups in total. The van der Waals surface area contributed by atoms with Crippen LogP contribution in [0.15, 0.2) is 30.6 Å². The third kappa shape index (κ3) is 4.74. The first-order chi connectivity index (χ1) is 14.0. The second kappa shape index (κ2) is 8.00. The van der Waals surface area contributed by atoms with Crippen molar-refractivity contribution >= 4 is 11.7 Å². The van der Waals surface area contributed by atoms with Gasteiger partial charge in [-0.3, -0.25) is 9.78 Å². The van der Waals surface area contributed by atoms with Crippen molar-refractivity contribution in [1.29, 1.82) is 0 Å². The van der Waals surface area contributed by atoms with Crippen LogP contribution in [0, 0.1) is 0 Å². The number of anilines is 1. The lowest BCUT2D eigenvalue weighted by Crippen LogP contribution is -2.49. The van der Waals surface area contributed by atoms with Crippen molar-refractivity contribution < 1.29 is 35.9 Å². The van der Waals surface area contributed by atoms with Gasteiger partial charge in [-0.25, -0.2) is 0 Å². The Bertz CT molecular complexity index is 891. The van der Waals surface area contributed by atoms with Crippen LogP contribution in [0.25, 0.3) is 0 Å². The van der Waals surface area contributed by atoms with E-state index in [9.17, 15) is 31.1 Å². The number of rotatable bonds is 3. The summed E-state index contributed by atoms with van der Waals surface area (Å²) in [5.41, 5.74) is -3.70. The van der Waals surface area contributed by atoms with Gasteiger partial charge in [0.25, 0.3) is 5.91 Å². The van der Waals surface area contributed by atoms with Crippen LogP contribution in [-0.4, -0.2) is 54.1 Å². The number of piperazine rings is 1. The first kappa shape index (κ1) is 21.7. The topological polar surface area (TPSA) is 58.6 Å². The maximum Gasteiger partial charge on any atom is 0.416 e. The number of nitrogens with zero attached hydrogens (tertiary/aromatic N) is 4. The Balaban J connectivity index is 1.79. The average Bonchev–Trinajstić information content (AvgIpc) is 2.72. The standard InChI is InChI=1S/C18H16F6N4O2/c1-30-15-10-25-9-14(26-15)27-2-4-28(5-3-27)16(29)11-6-12(17(19,20)21)8-13(7-11)18(22,23)24/h6-10H,2-5H2,1H3. The van der Waals surface area contributed by atoms with E-state index in [2.05, 4.69) is 9.97 Å². The van der Waals surface area contributed by atoms with Gasteiger partial charge < -0.3 is 14.5 Å². The molecule has 0 spiro atoms. The van der Waals surface area contributed by atoms with Crippen molar-refractivity contribution in [3.63, 3.8) is 0 Å². The number of amides is 1. The molecule has 2 heterocycles. The van der Waals surface area contributed by atoms with Gasteiger partial charge in [0.1, 0.15) is 0 Å². The number of aromatic nitrogens is 2. The summed E-state index contributed by atoms with van der Waals surface area (Å²) in [6.45, 7) is 0.738. The summed E-state index contributed by atoms with van der Waals surface area (Å²) in [4.78, 5) is 23.8. The molecule has 1 aromatic carbocycles. The highest BCUT2D eigenvalue weighted by Crippen LogP contribution is 2.36. The third-order valence-corrected chi connectivity index (χ3v) is 4.53. The summed E-state index contributed by atoms with van der Waals surface area (Å²) in [7, 11) is 1.43. The number of benzene rings is 1. The van der Waals surface area contributed by atoms with Gasteiger partial charge >= 0.3 is 12.4 Å². The SMILES string of the molecule is COc1cncc(N2CCN(C(=O)c3cc(C(F)(F)F)cc(C(F)(F)F)c3)CC2)n1. The number of hydrogen-bond donors (Lipinski definition) is 0. The van der Waals surface area contributed by atoms with Crippen LogP contribution in [0.2, 0.25) is 0 Å². The summed E-state index contributed by atoms with van der Waals surface area (Å²) in [6, 6.07) is 0.880. The van der Waals surface area contributed by atoms with E-state index in [-0.39, 0.29) is 38.1 Å². The van der Waals surface area contributed by atoms with Gasteiger partial charge in [-0.15, -0.1) is 0 Å². The van der Waals surface area contributed by atoms with Crippen molar-refractivity contribution in [3.05, 3.63) is 47.3 Å². The zero-order valence-corrected chi connectivity index (χ0v) is 15.6. The van der Waals surface area contributed by atoms with Crippen LogP contribution in [0.5, 0.6) is 5.88 Å². The Labute approximate surface area is 167 Å². The molecule has 162 valence electrons. The van der Waals surface area contributed by atoms with Crippen LogP contribution in [0.1, 0.15) is 21.5 Å². The molecule has 1 amide bonds. The predicted molar refractivity (Wildman–Crippen MR) is 93.1 cm³/mol. The Hall–Kier alpha value is -3.05. The molecule has 2 aromatic rings. The molecule has 0 unspecified atom stereocenters. The molecule has 12 heteroatoms. The Morgan fingerprint density at radius 3 is 2.00 bits per heavy atom. The molecule has 6 nitrogen and oxygen atoms in total. The Morgan fingerprint density at radius 2 is 1.50 bits per heavy atom. The summed E-state index contributed by atoms with van der Waals surface area (Å²) in [6.07, 6.45) is -7.13. The van der Waals surface area contributed by atoms with Crippen molar-refractivity contribution in [2.75, 3.05) is 38.2 Å². The summed E-state index contributed by atoms with van der Waals surface area (Å²) in [5, 5.41) is 0. The monoisotopic (exact) mass is 434 g/mol. The van der Waals surface area contributed by atoms with Crippen molar-refractivity contribution in [3.8, 4) is 5.88 Å². The molecule has 1 aliphatic rings. The lowest BCUT2D eigenvalue weighted by atomic mass is 10.0. The average molecular weight is 434 g/mol. The molecule has 1 fully saturated rings. The lowest BCUT2D eigenvalue weighted by molar-refractivity contribution is -0.143. The van der Waals surface area contributed by atoms with Gasteiger partial charge in [-0.1, -0.05) is 0 Å². The van der Waals surface area contributed by atoms with E-state index in [0.717, 1.165) is 0 Å². The van der Waals surface area contributed by atoms with E-state index >= 15 is 0 Å². The van der Waals surface area contributed by atoms with Crippen LogP contribution in [0.3, 0.4) is 0 Å². The summed E-state index contributed by atoms with van der Waals surface area (Å²) >= 11 is 0. The quantitative estimate of drug-likeness (QED) is 0.693. The Morgan fingerprint density at radius 1 is 0.933 bits per heavy atom. The first-order valence-electron chi connectivity index (χ1n) is 8.69. The molecule has 0 aliphatic carbocycles. The molecule has 0 atom stereocenters. The molecule has 1 aromatic heterocycles. The maximum absolute atomic E-state index is 13.0. The van der Waals surface area contributed by atoms with E-state index in [4.69, 9.17) is 4.74 Å². The van der Waals surface area contributed by atoms with Gasteiger partial charge in [-0.05, 0) is 18.2 Å². The van der Waals surface area contributed by atoms with Crippen LogP contribution < -0.4 is 9.64 Å². The zero-order valence-electron chi connectivity index (χ0n) is 15.6. The van der Waals surface area contributed by atoms with Crippen molar-refractivity contribution in [1.82, 2.24) is 14.9 Å². The molecular weight excluding hydrogens is 418 g/mol. The number of carbonyl (C=O) groups excluding carboxylic acids is 1. The number of alkyl halides is 6. The smallest absolute Gasteiger partial charge is 0.416 e. The van der Waals surface area contributed by atoms with E-state index in [1.165, 1.54) is 24.4 Å². The summed E-state index contributed by atoms with van der Waals surface area (Å²) in [5.74, 6) is -0.127. The van der Waals surface area contributed by atoms with E-state index in [1.54, 1.807) is 4.90 Å². The molecule has 0 saturated carbocycles. The number of hydrogen-bond acceptors (Lipinski definition) is 5. The number of carbonyl (C=O) groups is 1. The first-order valence-corrected chi connectivity index (χ1v) is 8.69. The van der Waals surface area contributed by atoms with E-state index < -0.39 is 35.0 Å². The number of ether oxygens (including phenoxy) is 1. The minimum absolute atomic E-state index is 0.00379. The van der Waals surface area contributed by atoms with Gasteiger partial charge in [0.15, 0.2) is 5.82 Å². The second-order valence-corrected chi connectivity index (χ2v) is 6.49. The minimum Gasteiger partial charge on any atom is -0.480 e. The normalized spacial score (nSPS) is 15.3. The van der Waals surface area contributed by atoms with Crippen LogP contribution in [0.4, 0.5) is 32.2 Å². The maximum atomic E-state index is 13.0. The molecule has 1 saturated heterocycles. The Kier molecular flexibility index (Phi) is 5.77. The second-order valence-electron chi connectivity index (χ2n) is 6.49. The zero-order chi connectivity index (χ0) is 22.1. The predicted octanol–water partition coefficient (Wildman–Crippen LogP) is 3.49. The highest BCUT2D eigenvalue weighted by atomic mass is 19.4. The highest BCUT2D eigenvalue weighted by Gasteiger charge is 2.38. The van der Waals surface area contributed by atoms with Crippen molar-refractivity contribution in [2.45, 2.75) is 12.4 Å². The van der Waals surface area contributed by atoms with Crippen molar-refractivity contribution in [2.24, 2.45) is 0 Å². The van der Waals surface area contributed by atoms with Gasteiger partial charge in [-0.2, -0.15) is 31.3 Å². The molecule has 1 aliphatic heterocycles. The summed E-state index contributed by atoms with van der Waals surface area (Å²) < 4.78 is 83.1. The lowest BCUT2D eigenvalue weighted by Gasteiger charge is -2.35. The van der Waals surface area contributed by atoms with E-state index in [0.29, 0.717) is 18.0 Å². The van der Waals surface area contributed by atoms with Gasteiger partial charge in [0.2, 0.25) is 5.88 Å².